The van der Waals surface area contributed by atoms with E-state index in [1.54, 1.807) is 5.57 Å². The largest absolute Gasteiger partial charge is 0.480 e. The lowest BCUT2D eigenvalue weighted by Gasteiger charge is -2.58. The van der Waals surface area contributed by atoms with Crippen LogP contribution in [0.5, 0.6) is 0 Å². The van der Waals surface area contributed by atoms with Gasteiger partial charge in [-0.1, -0.05) is 71.3 Å². The average Bonchev–Trinajstić information content (AvgIpc) is 3.17. The molecule has 4 rings (SSSR count). The second-order valence-electron chi connectivity index (χ2n) is 13.2. The number of aliphatic carboxylic acids is 1. The van der Waals surface area contributed by atoms with Crippen LogP contribution in [0, 0.1) is 52.3 Å². The summed E-state index contributed by atoms with van der Waals surface area (Å²) in [4.78, 5) is 11.6. The van der Waals surface area contributed by atoms with E-state index in [0.717, 1.165) is 24.3 Å². The fraction of sp³-hybridized carbons (Fsp3) is 0.839. The Labute approximate surface area is 209 Å². The molecule has 0 aromatic heterocycles. The topological polar surface area (TPSA) is 49.3 Å². The molecule has 4 aliphatic rings. The van der Waals surface area contributed by atoms with Gasteiger partial charge in [-0.15, -0.1) is 0 Å². The molecule has 1 unspecified atom stereocenters. The summed E-state index contributed by atoms with van der Waals surface area (Å²) in [5.74, 6) is 4.16. The number of hydrogen-bond donors (Lipinski definition) is 2. The highest BCUT2D eigenvalue weighted by Crippen LogP contribution is 2.66. The van der Waals surface area contributed by atoms with Crippen LogP contribution < -0.4 is 5.32 Å². The average molecular weight is 470 g/mol. The van der Waals surface area contributed by atoms with Gasteiger partial charge in [0.15, 0.2) is 0 Å². The van der Waals surface area contributed by atoms with Gasteiger partial charge in [-0.05, 0) is 104 Å². The molecule has 3 fully saturated rings. The number of carboxylic acid groups (broad SMARTS) is 1. The van der Waals surface area contributed by atoms with E-state index in [1.807, 2.05) is 6.92 Å². The first-order chi connectivity index (χ1) is 16.1. The first-order valence-corrected chi connectivity index (χ1v) is 14.4. The van der Waals surface area contributed by atoms with Crippen molar-refractivity contribution in [2.24, 2.45) is 52.3 Å². The molecule has 0 heterocycles. The van der Waals surface area contributed by atoms with Crippen LogP contribution in [0.2, 0.25) is 0 Å². The van der Waals surface area contributed by atoms with E-state index >= 15 is 0 Å². The number of rotatable bonds is 8. The van der Waals surface area contributed by atoms with E-state index < -0.39 is 12.0 Å². The zero-order chi connectivity index (χ0) is 24.7. The fourth-order valence-electron chi connectivity index (χ4n) is 8.72. The van der Waals surface area contributed by atoms with Gasteiger partial charge >= 0.3 is 5.97 Å². The van der Waals surface area contributed by atoms with Gasteiger partial charge in [-0.3, -0.25) is 4.79 Å². The van der Waals surface area contributed by atoms with Gasteiger partial charge in [-0.2, -0.15) is 0 Å². The highest BCUT2D eigenvalue weighted by molar-refractivity contribution is 5.72. The van der Waals surface area contributed by atoms with Gasteiger partial charge in [0.25, 0.3) is 0 Å². The van der Waals surface area contributed by atoms with Crippen LogP contribution in [0.3, 0.4) is 0 Å². The minimum absolute atomic E-state index is 0.268. The van der Waals surface area contributed by atoms with Gasteiger partial charge in [0.05, 0.1) is 0 Å². The van der Waals surface area contributed by atoms with E-state index in [0.29, 0.717) is 29.1 Å². The molecule has 3 heteroatoms. The Balaban J connectivity index is 1.56. The first-order valence-electron chi connectivity index (χ1n) is 14.4. The third-order valence-electron chi connectivity index (χ3n) is 11.3. The van der Waals surface area contributed by atoms with Crippen LogP contribution >= 0.6 is 0 Å². The fourth-order valence-corrected chi connectivity index (χ4v) is 8.72. The maximum atomic E-state index is 11.6. The molecular formula is C31H51NO2. The Bertz CT molecular complexity index is 799. The van der Waals surface area contributed by atoms with E-state index in [2.05, 4.69) is 58.2 Å². The predicted molar refractivity (Wildman–Crippen MR) is 142 cm³/mol. The van der Waals surface area contributed by atoms with Crippen LogP contribution in [0.25, 0.3) is 0 Å². The van der Waals surface area contributed by atoms with Crippen molar-refractivity contribution >= 4 is 5.97 Å². The predicted octanol–water partition coefficient (Wildman–Crippen LogP) is 7.48. The molecule has 0 amide bonds. The Morgan fingerprint density at radius 2 is 1.82 bits per heavy atom. The van der Waals surface area contributed by atoms with E-state index in [9.17, 15) is 9.90 Å². The smallest absolute Gasteiger partial charge is 0.320 e. The number of hydrogen-bond acceptors (Lipinski definition) is 2. The molecule has 0 aromatic carbocycles. The highest BCUT2D eigenvalue weighted by Gasteiger charge is 2.58. The molecule has 3 saturated carbocycles. The minimum atomic E-state index is -0.723. The summed E-state index contributed by atoms with van der Waals surface area (Å²) in [6, 6.07) is -0.461. The summed E-state index contributed by atoms with van der Waals surface area (Å²) >= 11 is 0. The van der Waals surface area contributed by atoms with E-state index in [1.165, 1.54) is 57.8 Å². The molecule has 2 N–H and O–H groups in total. The Morgan fingerprint density at radius 1 is 1.06 bits per heavy atom. The Kier molecular flexibility index (Phi) is 7.73. The summed E-state index contributed by atoms with van der Waals surface area (Å²) in [7, 11) is 0. The molecule has 0 saturated heterocycles. The molecule has 0 aromatic rings. The minimum Gasteiger partial charge on any atom is -0.480 e. The molecule has 0 bridgehead atoms. The summed E-state index contributed by atoms with van der Waals surface area (Å²) in [6.07, 6.45) is 19.5. The van der Waals surface area contributed by atoms with Crippen molar-refractivity contribution in [2.75, 3.05) is 6.54 Å². The van der Waals surface area contributed by atoms with Crippen LogP contribution in [-0.2, 0) is 4.79 Å². The first kappa shape index (κ1) is 26.0. The van der Waals surface area contributed by atoms with Crippen molar-refractivity contribution in [3.8, 4) is 0 Å². The Morgan fingerprint density at radius 3 is 2.53 bits per heavy atom. The van der Waals surface area contributed by atoms with Crippen LogP contribution in [-0.4, -0.2) is 23.7 Å². The molecule has 0 aliphatic heterocycles. The highest BCUT2D eigenvalue weighted by atomic mass is 16.4. The zero-order valence-electron chi connectivity index (χ0n) is 22.8. The summed E-state index contributed by atoms with van der Waals surface area (Å²) in [5, 5.41) is 13.0. The summed E-state index contributed by atoms with van der Waals surface area (Å²) < 4.78 is 0. The standard InChI is InChI=1S/C31H51NO2/c1-20(2)21(3)10-11-22(4)26-14-15-27-25-13-12-24-9-7-8-17-31(24,19-32-23(5)29(33)34)28(25)16-18-30(26,27)6/h10-11,13,20-24,26-28,32H,7-9,12,14-19H2,1-6H3,(H,33,34)/t21-,22+,23-,24?,26+,27-,28-,30+,31+/m0/s1. The number of allylic oxidation sites excluding steroid dienone is 4. The maximum absolute atomic E-state index is 11.6. The molecule has 0 spiro atoms. The van der Waals surface area contributed by atoms with E-state index in [4.69, 9.17) is 0 Å². The lowest BCUT2D eigenvalue weighted by molar-refractivity contribution is -0.139. The monoisotopic (exact) mass is 469 g/mol. The molecule has 34 heavy (non-hydrogen) atoms. The number of nitrogens with one attached hydrogen (secondary N) is 1. The van der Waals surface area contributed by atoms with E-state index in [-0.39, 0.29) is 5.41 Å². The summed E-state index contributed by atoms with van der Waals surface area (Å²) in [6.45, 7) is 14.8. The van der Waals surface area contributed by atoms with Crippen molar-refractivity contribution in [1.29, 1.82) is 0 Å². The van der Waals surface area contributed by atoms with Crippen molar-refractivity contribution < 1.29 is 9.90 Å². The molecule has 9 atom stereocenters. The second kappa shape index (κ2) is 10.1. The second-order valence-corrected chi connectivity index (χ2v) is 13.2. The van der Waals surface area contributed by atoms with Crippen LogP contribution in [0.4, 0.5) is 0 Å². The van der Waals surface area contributed by atoms with Gasteiger partial charge < -0.3 is 10.4 Å². The van der Waals surface area contributed by atoms with Gasteiger partial charge in [0.1, 0.15) is 6.04 Å². The molecule has 0 radical (unpaired) electrons. The lowest BCUT2D eigenvalue weighted by Crippen LogP contribution is -2.55. The van der Waals surface area contributed by atoms with Crippen molar-refractivity contribution in [3.63, 3.8) is 0 Å². The number of fused-ring (bicyclic) bond motifs is 5. The van der Waals surface area contributed by atoms with Crippen molar-refractivity contribution in [3.05, 3.63) is 23.8 Å². The van der Waals surface area contributed by atoms with Gasteiger partial charge in [0.2, 0.25) is 0 Å². The van der Waals surface area contributed by atoms with Crippen molar-refractivity contribution in [2.45, 2.75) is 105 Å². The van der Waals surface area contributed by atoms with Gasteiger partial charge in [0, 0.05) is 6.54 Å². The maximum Gasteiger partial charge on any atom is 0.320 e. The lowest BCUT2D eigenvalue weighted by atomic mass is 9.47. The normalized spacial score (nSPS) is 40.3. The SMILES string of the molecule is CC(C)[C@@H](C)C=C[C@@H](C)[C@H]1CC[C@H]2C3=CCC4CCCC[C@]4(CN[C@@H](C)C(=O)O)[C@H]3CC[C@]12C. The summed E-state index contributed by atoms with van der Waals surface area (Å²) in [5.41, 5.74) is 2.47. The quantitative estimate of drug-likeness (QED) is 0.362. The third-order valence-corrected chi connectivity index (χ3v) is 11.3. The van der Waals surface area contributed by atoms with Gasteiger partial charge in [-0.25, -0.2) is 0 Å². The number of carboxylic acids is 1. The molecular weight excluding hydrogens is 418 g/mol. The molecule has 4 aliphatic carbocycles. The third kappa shape index (κ3) is 4.56. The van der Waals surface area contributed by atoms with Crippen LogP contribution in [0.15, 0.2) is 23.8 Å². The van der Waals surface area contributed by atoms with Crippen LogP contribution in [0.1, 0.15) is 99.3 Å². The van der Waals surface area contributed by atoms with Crippen molar-refractivity contribution in [1.82, 2.24) is 5.32 Å². The molecule has 192 valence electrons. The molecule has 3 nitrogen and oxygen atoms in total. The Hall–Kier alpha value is -1.09. The zero-order valence-corrected chi connectivity index (χ0v) is 22.8. The number of carbonyl (C=O) groups is 1.